The van der Waals surface area contributed by atoms with Crippen LogP contribution in [0.4, 0.5) is 0 Å². The third-order valence-corrected chi connectivity index (χ3v) is 3.25. The molecule has 1 saturated carbocycles. The Labute approximate surface area is 97.3 Å². The van der Waals surface area contributed by atoms with Crippen molar-refractivity contribution in [3.63, 3.8) is 0 Å². The van der Waals surface area contributed by atoms with Gasteiger partial charge in [0.1, 0.15) is 0 Å². The molecule has 0 aromatic carbocycles. The van der Waals surface area contributed by atoms with Gasteiger partial charge >= 0.3 is 0 Å². The van der Waals surface area contributed by atoms with Crippen molar-refractivity contribution in [2.45, 2.75) is 44.7 Å². The second-order valence-electron chi connectivity index (χ2n) is 4.66. The predicted octanol–water partition coefficient (Wildman–Crippen LogP) is 0.766. The molecule has 92 valence electrons. The lowest BCUT2D eigenvalue weighted by atomic mass is 10.0. The quantitative estimate of drug-likeness (QED) is 0.680. The molecule has 0 aromatic rings. The highest BCUT2D eigenvalue weighted by molar-refractivity contribution is 5.82. The molecule has 0 aromatic heterocycles. The Morgan fingerprint density at radius 1 is 1.44 bits per heavy atom. The lowest BCUT2D eigenvalue weighted by Gasteiger charge is -2.32. The fourth-order valence-corrected chi connectivity index (χ4v) is 2.17. The van der Waals surface area contributed by atoms with Crippen LogP contribution in [0, 0.1) is 0 Å². The monoisotopic (exact) mass is 226 g/mol. The maximum Gasteiger partial charge on any atom is 0.239 e. The molecule has 16 heavy (non-hydrogen) atoms. The molecule has 1 N–H and O–H groups in total. The second-order valence-corrected chi connectivity index (χ2v) is 4.66. The summed E-state index contributed by atoms with van der Waals surface area (Å²) in [6.45, 7) is 5.02. The maximum atomic E-state index is 12.1. The number of piperidine rings is 1. The van der Waals surface area contributed by atoms with Gasteiger partial charge in [-0.25, -0.2) is 0 Å². The summed E-state index contributed by atoms with van der Waals surface area (Å²) in [6, 6.07) is 0.684. The van der Waals surface area contributed by atoms with Crippen LogP contribution in [0.3, 0.4) is 0 Å². The Morgan fingerprint density at radius 3 is 2.94 bits per heavy atom. The maximum absolute atomic E-state index is 12.1. The summed E-state index contributed by atoms with van der Waals surface area (Å²) in [5, 5.41) is 3.43. The zero-order valence-electron chi connectivity index (χ0n) is 10.1. The predicted molar refractivity (Wildman–Crippen MR) is 62.3 cm³/mol. The molecule has 4 heteroatoms. The molecular weight excluding hydrogens is 204 g/mol. The average Bonchev–Trinajstić information content (AvgIpc) is 3.08. The number of hydrogen-bond acceptors (Lipinski definition) is 3. The standard InChI is InChI=1S/C12H22N2O2/c1-2-16-9-8-14-7-3-4-11(12(14)15)13-10-5-6-10/h10-11,13H,2-9H2,1H3. The van der Waals surface area contributed by atoms with Crippen LogP contribution < -0.4 is 5.32 Å². The van der Waals surface area contributed by atoms with Crippen LogP contribution in [-0.2, 0) is 9.53 Å². The molecule has 1 atom stereocenters. The minimum Gasteiger partial charge on any atom is -0.380 e. The third-order valence-electron chi connectivity index (χ3n) is 3.25. The molecule has 4 nitrogen and oxygen atoms in total. The van der Waals surface area contributed by atoms with Gasteiger partial charge in [0.2, 0.25) is 5.91 Å². The lowest BCUT2D eigenvalue weighted by molar-refractivity contribution is -0.136. The number of nitrogens with zero attached hydrogens (tertiary/aromatic N) is 1. The fraction of sp³-hybridized carbons (Fsp3) is 0.917. The number of carbonyl (C=O) groups is 1. The van der Waals surface area contributed by atoms with Gasteiger partial charge in [0.15, 0.2) is 0 Å². The average molecular weight is 226 g/mol. The first-order valence-electron chi connectivity index (χ1n) is 6.44. The number of amides is 1. The molecule has 1 aliphatic heterocycles. The largest absolute Gasteiger partial charge is 0.380 e. The van der Waals surface area contributed by atoms with E-state index in [1.807, 2.05) is 11.8 Å². The molecule has 1 heterocycles. The summed E-state index contributed by atoms with van der Waals surface area (Å²) in [5.41, 5.74) is 0. The Bertz CT molecular complexity index is 241. The highest BCUT2D eigenvalue weighted by Crippen LogP contribution is 2.22. The first-order chi connectivity index (χ1) is 7.81. The molecular formula is C12H22N2O2. The Kier molecular flexibility index (Phi) is 4.18. The molecule has 2 rings (SSSR count). The molecule has 0 bridgehead atoms. The molecule has 2 fully saturated rings. The zero-order valence-corrected chi connectivity index (χ0v) is 10.1. The van der Waals surface area contributed by atoms with Crippen molar-refractivity contribution in [1.29, 1.82) is 0 Å². The number of rotatable bonds is 6. The van der Waals surface area contributed by atoms with E-state index >= 15 is 0 Å². The van der Waals surface area contributed by atoms with Gasteiger partial charge in [-0.1, -0.05) is 0 Å². The van der Waals surface area contributed by atoms with Crippen LogP contribution >= 0.6 is 0 Å². The van der Waals surface area contributed by atoms with Crippen molar-refractivity contribution in [1.82, 2.24) is 10.2 Å². The van der Waals surface area contributed by atoms with Crippen molar-refractivity contribution in [3.05, 3.63) is 0 Å². The summed E-state index contributed by atoms with van der Waals surface area (Å²) >= 11 is 0. The number of likely N-dealkylation sites (tertiary alicyclic amines) is 1. The lowest BCUT2D eigenvalue weighted by Crippen LogP contribution is -2.52. The normalized spacial score (nSPS) is 26.2. The number of carbonyl (C=O) groups excluding carboxylic acids is 1. The van der Waals surface area contributed by atoms with Crippen molar-refractivity contribution in [2.75, 3.05) is 26.3 Å². The third kappa shape index (κ3) is 3.19. The minimum absolute atomic E-state index is 0.0721. The first kappa shape index (κ1) is 11.9. The van der Waals surface area contributed by atoms with Crippen LogP contribution in [-0.4, -0.2) is 49.2 Å². The Morgan fingerprint density at radius 2 is 2.25 bits per heavy atom. The van der Waals surface area contributed by atoms with E-state index in [1.165, 1.54) is 12.8 Å². The fourth-order valence-electron chi connectivity index (χ4n) is 2.17. The first-order valence-corrected chi connectivity index (χ1v) is 6.44. The highest BCUT2D eigenvalue weighted by atomic mass is 16.5. The number of nitrogens with one attached hydrogen (secondary N) is 1. The van der Waals surface area contributed by atoms with Crippen molar-refractivity contribution in [2.24, 2.45) is 0 Å². The molecule has 0 radical (unpaired) electrons. The van der Waals surface area contributed by atoms with Crippen LogP contribution in [0.15, 0.2) is 0 Å². The van der Waals surface area contributed by atoms with Crippen molar-refractivity contribution in [3.8, 4) is 0 Å². The van der Waals surface area contributed by atoms with Crippen molar-refractivity contribution >= 4 is 5.91 Å². The van der Waals surface area contributed by atoms with Gasteiger partial charge in [-0.05, 0) is 32.6 Å². The van der Waals surface area contributed by atoms with Gasteiger partial charge in [0.05, 0.1) is 12.6 Å². The summed E-state index contributed by atoms with van der Waals surface area (Å²) in [4.78, 5) is 14.0. The van der Waals surface area contributed by atoms with E-state index in [9.17, 15) is 4.79 Å². The number of hydrogen-bond donors (Lipinski definition) is 1. The van der Waals surface area contributed by atoms with Gasteiger partial charge in [-0.15, -0.1) is 0 Å². The van der Waals surface area contributed by atoms with E-state index in [4.69, 9.17) is 4.74 Å². The second kappa shape index (κ2) is 5.64. The smallest absolute Gasteiger partial charge is 0.239 e. The zero-order chi connectivity index (χ0) is 11.4. The SMILES string of the molecule is CCOCCN1CCCC(NC2CC2)C1=O. The van der Waals surface area contributed by atoms with E-state index in [2.05, 4.69) is 5.32 Å². The highest BCUT2D eigenvalue weighted by Gasteiger charge is 2.32. The molecule has 1 amide bonds. The van der Waals surface area contributed by atoms with E-state index in [1.54, 1.807) is 0 Å². The van der Waals surface area contributed by atoms with Crippen molar-refractivity contribution < 1.29 is 9.53 Å². The van der Waals surface area contributed by atoms with E-state index in [0.29, 0.717) is 12.6 Å². The Balaban J connectivity index is 1.76. The van der Waals surface area contributed by atoms with Gasteiger partial charge in [-0.3, -0.25) is 4.79 Å². The molecule has 0 spiro atoms. The summed E-state index contributed by atoms with van der Waals surface area (Å²) in [5.74, 6) is 0.276. The van der Waals surface area contributed by atoms with Gasteiger partial charge in [0, 0.05) is 25.7 Å². The minimum atomic E-state index is 0.0721. The van der Waals surface area contributed by atoms with Gasteiger partial charge in [-0.2, -0.15) is 0 Å². The topological polar surface area (TPSA) is 41.6 Å². The molecule has 1 aliphatic carbocycles. The van der Waals surface area contributed by atoms with Crippen LogP contribution in [0.25, 0.3) is 0 Å². The summed E-state index contributed by atoms with van der Waals surface area (Å²) in [6.07, 6.45) is 4.59. The van der Waals surface area contributed by atoms with E-state index in [0.717, 1.165) is 32.5 Å². The Hall–Kier alpha value is -0.610. The van der Waals surface area contributed by atoms with Crippen LogP contribution in [0.5, 0.6) is 0 Å². The molecule has 1 saturated heterocycles. The summed E-state index contributed by atoms with van der Waals surface area (Å²) in [7, 11) is 0. The van der Waals surface area contributed by atoms with Crippen LogP contribution in [0.2, 0.25) is 0 Å². The van der Waals surface area contributed by atoms with E-state index in [-0.39, 0.29) is 11.9 Å². The van der Waals surface area contributed by atoms with Crippen LogP contribution in [0.1, 0.15) is 32.6 Å². The molecule has 2 aliphatic rings. The van der Waals surface area contributed by atoms with Gasteiger partial charge in [0.25, 0.3) is 0 Å². The molecule has 1 unspecified atom stereocenters. The van der Waals surface area contributed by atoms with E-state index < -0.39 is 0 Å². The number of ether oxygens (including phenoxy) is 1. The van der Waals surface area contributed by atoms with Gasteiger partial charge < -0.3 is 15.0 Å². The summed E-state index contributed by atoms with van der Waals surface area (Å²) < 4.78 is 5.30.